The van der Waals surface area contributed by atoms with Gasteiger partial charge in [-0.15, -0.1) is 0 Å². The number of fused-ring (bicyclic) bond motifs is 1. The van der Waals surface area contributed by atoms with Crippen molar-refractivity contribution in [3.05, 3.63) is 28.4 Å². The summed E-state index contributed by atoms with van der Waals surface area (Å²) in [6, 6.07) is 1.56. The van der Waals surface area contributed by atoms with E-state index in [9.17, 15) is 4.79 Å². The minimum atomic E-state index is -0.137. The van der Waals surface area contributed by atoms with Gasteiger partial charge in [-0.05, 0) is 24.9 Å². The summed E-state index contributed by atoms with van der Waals surface area (Å²) in [6.45, 7) is 9.52. The summed E-state index contributed by atoms with van der Waals surface area (Å²) in [5, 5.41) is 2.74. The number of nitrogens with two attached hydrogens (primary N) is 1. The molecule has 0 fully saturated rings. The molecule has 0 aromatic carbocycles. The van der Waals surface area contributed by atoms with Gasteiger partial charge >= 0.3 is 0 Å². The Labute approximate surface area is 124 Å². The Bertz CT molecular complexity index is 644. The molecular formula is C14H24N6O. The van der Waals surface area contributed by atoms with Crippen LogP contribution in [0.1, 0.15) is 32.9 Å². The predicted octanol–water partition coefficient (Wildman–Crippen LogP) is 0.615. The first-order chi connectivity index (χ1) is 9.95. The van der Waals surface area contributed by atoms with E-state index in [0.717, 1.165) is 25.2 Å². The highest BCUT2D eigenvalue weighted by Crippen LogP contribution is 2.16. The van der Waals surface area contributed by atoms with Gasteiger partial charge in [-0.1, -0.05) is 20.8 Å². The van der Waals surface area contributed by atoms with E-state index < -0.39 is 0 Å². The maximum Gasteiger partial charge on any atom is 0.274 e. The molecule has 2 aromatic rings. The first-order valence-electron chi connectivity index (χ1n) is 7.29. The number of hydrogen-bond acceptors (Lipinski definition) is 5. The lowest BCUT2D eigenvalue weighted by Crippen LogP contribution is -2.39. The zero-order chi connectivity index (χ0) is 15.5. The molecule has 21 heavy (non-hydrogen) atoms. The van der Waals surface area contributed by atoms with E-state index in [1.54, 1.807) is 6.07 Å². The highest BCUT2D eigenvalue weighted by atomic mass is 16.1. The van der Waals surface area contributed by atoms with Crippen LogP contribution < -0.4 is 11.3 Å². The Balaban J connectivity index is 2.20. The molecule has 0 aliphatic carbocycles. The molecule has 0 atom stereocenters. The third-order valence-corrected chi connectivity index (χ3v) is 3.45. The lowest BCUT2D eigenvalue weighted by molar-refractivity contribution is 0.174. The van der Waals surface area contributed by atoms with E-state index in [1.165, 1.54) is 10.8 Å². The number of nitrogens with zero attached hydrogens (tertiary/aromatic N) is 4. The lowest BCUT2D eigenvalue weighted by Gasteiger charge is -2.31. The van der Waals surface area contributed by atoms with Crippen molar-refractivity contribution in [3.8, 4) is 0 Å². The molecule has 0 bridgehead atoms. The van der Waals surface area contributed by atoms with E-state index in [4.69, 9.17) is 5.73 Å². The van der Waals surface area contributed by atoms with Crippen LogP contribution in [-0.2, 0) is 6.54 Å². The number of aromatic amines is 1. The number of rotatable bonds is 7. The van der Waals surface area contributed by atoms with Gasteiger partial charge in [0.05, 0.1) is 5.69 Å². The second-order valence-electron chi connectivity index (χ2n) is 6.19. The van der Waals surface area contributed by atoms with Crippen LogP contribution in [0.2, 0.25) is 0 Å². The number of nitrogens with one attached hydrogen (secondary N) is 1. The Kier molecular flexibility index (Phi) is 4.74. The Hall–Kier alpha value is -1.73. The smallest absolute Gasteiger partial charge is 0.274 e. The predicted molar refractivity (Wildman–Crippen MR) is 82.0 cm³/mol. The fraction of sp³-hybridized carbons (Fsp3) is 0.643. The second-order valence-corrected chi connectivity index (χ2v) is 6.19. The van der Waals surface area contributed by atoms with Gasteiger partial charge in [-0.3, -0.25) is 14.8 Å². The number of hydrogen-bond donors (Lipinski definition) is 2. The Morgan fingerprint density at radius 2 is 2.24 bits per heavy atom. The molecule has 0 radical (unpaired) electrons. The Morgan fingerprint density at radius 3 is 2.90 bits per heavy atom. The summed E-state index contributed by atoms with van der Waals surface area (Å²) in [4.78, 5) is 22.7. The molecule has 0 unspecified atom stereocenters. The van der Waals surface area contributed by atoms with Gasteiger partial charge in [0.1, 0.15) is 6.33 Å². The van der Waals surface area contributed by atoms with Crippen LogP contribution in [0.15, 0.2) is 17.2 Å². The third kappa shape index (κ3) is 3.89. The largest absolute Gasteiger partial charge is 0.330 e. The first-order valence-corrected chi connectivity index (χ1v) is 7.29. The van der Waals surface area contributed by atoms with Gasteiger partial charge in [0, 0.05) is 19.2 Å². The van der Waals surface area contributed by atoms with Crippen molar-refractivity contribution in [1.82, 2.24) is 24.5 Å². The highest BCUT2D eigenvalue weighted by molar-refractivity contribution is 5.25. The van der Waals surface area contributed by atoms with E-state index in [1.807, 2.05) is 0 Å². The summed E-state index contributed by atoms with van der Waals surface area (Å²) in [5.41, 5.74) is 6.47. The van der Waals surface area contributed by atoms with Gasteiger partial charge < -0.3 is 5.73 Å². The van der Waals surface area contributed by atoms with Gasteiger partial charge in [-0.25, -0.2) is 9.97 Å². The molecule has 2 rings (SSSR count). The van der Waals surface area contributed by atoms with E-state index in [2.05, 4.69) is 40.7 Å². The fourth-order valence-electron chi connectivity index (χ4n) is 2.38. The normalized spacial score (nSPS) is 12.4. The van der Waals surface area contributed by atoms with Gasteiger partial charge in [-0.2, -0.15) is 4.52 Å². The molecule has 7 nitrogen and oxygen atoms in total. The molecule has 7 heteroatoms. The van der Waals surface area contributed by atoms with Crippen LogP contribution in [0.4, 0.5) is 0 Å². The molecule has 0 amide bonds. The van der Waals surface area contributed by atoms with E-state index in [0.29, 0.717) is 18.9 Å². The van der Waals surface area contributed by atoms with Crippen molar-refractivity contribution in [2.45, 2.75) is 33.7 Å². The average Bonchev–Trinajstić information content (AvgIpc) is 2.87. The molecule has 116 valence electrons. The minimum Gasteiger partial charge on any atom is -0.330 e. The molecule has 0 aliphatic heterocycles. The van der Waals surface area contributed by atoms with Crippen molar-refractivity contribution in [2.24, 2.45) is 11.1 Å². The van der Waals surface area contributed by atoms with E-state index in [-0.39, 0.29) is 11.0 Å². The molecule has 0 saturated heterocycles. The maximum absolute atomic E-state index is 12.0. The average molecular weight is 292 g/mol. The Morgan fingerprint density at radius 1 is 1.48 bits per heavy atom. The molecule has 0 saturated carbocycles. The van der Waals surface area contributed by atoms with Crippen LogP contribution in [0, 0.1) is 5.41 Å². The number of H-pyrrole nitrogens is 1. The molecule has 0 aliphatic rings. The zero-order valence-corrected chi connectivity index (χ0v) is 13.0. The van der Waals surface area contributed by atoms with Crippen LogP contribution in [0.5, 0.6) is 0 Å². The summed E-state index contributed by atoms with van der Waals surface area (Å²) >= 11 is 0. The second kappa shape index (κ2) is 6.36. The SMILES string of the molecule is CCCN(Cc1cc(=O)n2[nH]cnc2n1)CC(C)(C)CN. The van der Waals surface area contributed by atoms with Crippen molar-refractivity contribution >= 4 is 5.78 Å². The fourth-order valence-corrected chi connectivity index (χ4v) is 2.38. The van der Waals surface area contributed by atoms with Crippen molar-refractivity contribution < 1.29 is 0 Å². The van der Waals surface area contributed by atoms with Crippen LogP contribution in [0.3, 0.4) is 0 Å². The minimum absolute atomic E-state index is 0.0423. The van der Waals surface area contributed by atoms with Gasteiger partial charge in [0.2, 0.25) is 0 Å². The summed E-state index contributed by atoms with van der Waals surface area (Å²) in [5.74, 6) is 0.409. The highest BCUT2D eigenvalue weighted by Gasteiger charge is 2.20. The summed E-state index contributed by atoms with van der Waals surface area (Å²) in [7, 11) is 0. The third-order valence-electron chi connectivity index (χ3n) is 3.45. The van der Waals surface area contributed by atoms with Crippen molar-refractivity contribution in [2.75, 3.05) is 19.6 Å². The van der Waals surface area contributed by atoms with Crippen molar-refractivity contribution in [3.63, 3.8) is 0 Å². The summed E-state index contributed by atoms with van der Waals surface area (Å²) < 4.78 is 1.33. The van der Waals surface area contributed by atoms with Crippen molar-refractivity contribution in [1.29, 1.82) is 0 Å². The molecule has 3 N–H and O–H groups in total. The van der Waals surface area contributed by atoms with Crippen LogP contribution in [-0.4, -0.2) is 44.1 Å². The first kappa shape index (κ1) is 15.7. The monoisotopic (exact) mass is 292 g/mol. The summed E-state index contributed by atoms with van der Waals surface area (Å²) in [6.07, 6.45) is 2.51. The van der Waals surface area contributed by atoms with Crippen LogP contribution in [0.25, 0.3) is 5.78 Å². The topological polar surface area (TPSA) is 92.3 Å². The standard InChI is InChI=1S/C14H24N6O/c1-4-5-19(9-14(2,3)8-15)7-11-6-12(21)20-13(18-11)16-10-17-20/h6,10H,4-5,7-9,15H2,1-3H3,(H,16,17,18). The molecule has 0 spiro atoms. The quantitative estimate of drug-likeness (QED) is 0.780. The zero-order valence-electron chi connectivity index (χ0n) is 13.0. The van der Waals surface area contributed by atoms with E-state index >= 15 is 0 Å². The molecule has 2 aromatic heterocycles. The van der Waals surface area contributed by atoms with Crippen LogP contribution >= 0.6 is 0 Å². The molecule has 2 heterocycles. The van der Waals surface area contributed by atoms with Gasteiger partial charge in [0.15, 0.2) is 0 Å². The lowest BCUT2D eigenvalue weighted by atomic mass is 9.93. The number of aromatic nitrogens is 4. The van der Waals surface area contributed by atoms with Gasteiger partial charge in [0.25, 0.3) is 11.3 Å². The maximum atomic E-state index is 12.0. The molecular weight excluding hydrogens is 268 g/mol.